The van der Waals surface area contributed by atoms with E-state index in [2.05, 4.69) is 19.6 Å². The molecule has 2 aromatic rings. The average molecular weight is 310 g/mol. The molecule has 2 aromatic heterocycles. The van der Waals surface area contributed by atoms with Crippen molar-refractivity contribution in [2.24, 2.45) is 0 Å². The van der Waals surface area contributed by atoms with Crippen molar-refractivity contribution in [1.82, 2.24) is 19.4 Å². The fourth-order valence-electron chi connectivity index (χ4n) is 2.19. The van der Waals surface area contributed by atoms with Gasteiger partial charge in [0.1, 0.15) is 17.3 Å². The summed E-state index contributed by atoms with van der Waals surface area (Å²) in [6.07, 6.45) is 6.68. The number of piperidine rings is 1. The molecule has 1 aliphatic rings. The highest BCUT2D eigenvalue weighted by Crippen LogP contribution is 2.22. The molecule has 9 heteroatoms. The summed E-state index contributed by atoms with van der Waals surface area (Å²) < 4.78 is 36.4. The maximum absolute atomic E-state index is 12.4. The molecule has 0 spiro atoms. The Morgan fingerprint density at radius 2 is 2.14 bits per heavy atom. The molecule has 3 rings (SSSR count). The van der Waals surface area contributed by atoms with Gasteiger partial charge in [0.25, 0.3) is 0 Å². The van der Waals surface area contributed by atoms with E-state index in [9.17, 15) is 8.42 Å². The van der Waals surface area contributed by atoms with Gasteiger partial charge in [0.15, 0.2) is 0 Å². The summed E-state index contributed by atoms with van der Waals surface area (Å²) in [7, 11) is -3.59. The molecule has 1 unspecified atom stereocenters. The molecular weight excluding hydrogens is 296 g/mol. The summed E-state index contributed by atoms with van der Waals surface area (Å²) in [5.41, 5.74) is 0. The molecule has 8 nitrogen and oxygen atoms in total. The lowest BCUT2D eigenvalue weighted by Crippen LogP contribution is -2.44. The third-order valence-electron chi connectivity index (χ3n) is 3.20. The van der Waals surface area contributed by atoms with E-state index in [1.54, 1.807) is 18.5 Å². The Morgan fingerprint density at radius 1 is 1.33 bits per heavy atom. The second-order valence-corrected chi connectivity index (χ2v) is 6.57. The van der Waals surface area contributed by atoms with Crippen LogP contribution in [0.1, 0.15) is 12.8 Å². The zero-order valence-corrected chi connectivity index (χ0v) is 11.9. The summed E-state index contributed by atoms with van der Waals surface area (Å²) in [5.74, 6) is 0. The van der Waals surface area contributed by atoms with Crippen LogP contribution >= 0.6 is 0 Å². The summed E-state index contributed by atoms with van der Waals surface area (Å²) in [4.78, 5) is 8.02. The van der Waals surface area contributed by atoms with Gasteiger partial charge in [-0.3, -0.25) is 0 Å². The molecule has 3 heterocycles. The highest BCUT2D eigenvalue weighted by Gasteiger charge is 2.32. The van der Waals surface area contributed by atoms with E-state index in [0.717, 1.165) is 12.7 Å². The fraction of sp³-hybridized carbons (Fsp3) is 0.417. The first kappa shape index (κ1) is 14.0. The standard InChI is InChI=1S/C12H14N4O4S/c17-21(18,11-7-15-19-9-11)16-6-1-3-10(8-16)20-12-13-4-2-5-14-12/h2,4-5,7,9-10H,1,3,6,8H2. The van der Waals surface area contributed by atoms with Crippen LogP contribution in [0.25, 0.3) is 0 Å². The molecule has 112 valence electrons. The normalized spacial score (nSPS) is 20.3. The van der Waals surface area contributed by atoms with Gasteiger partial charge in [0.2, 0.25) is 10.0 Å². The van der Waals surface area contributed by atoms with Crippen LogP contribution in [0.15, 0.2) is 40.3 Å². The smallest absolute Gasteiger partial charge is 0.316 e. The lowest BCUT2D eigenvalue weighted by Gasteiger charge is -2.30. The number of rotatable bonds is 4. The van der Waals surface area contributed by atoms with Crippen LogP contribution in [0.4, 0.5) is 0 Å². The molecule has 1 fully saturated rings. The molecule has 0 amide bonds. The Balaban J connectivity index is 1.71. The Labute approximate surface area is 121 Å². The van der Waals surface area contributed by atoms with Gasteiger partial charge < -0.3 is 9.26 Å². The molecule has 21 heavy (non-hydrogen) atoms. The second-order valence-electron chi connectivity index (χ2n) is 4.64. The third kappa shape index (κ3) is 3.03. The van der Waals surface area contributed by atoms with Gasteiger partial charge in [0.05, 0.1) is 12.7 Å². The highest BCUT2D eigenvalue weighted by molar-refractivity contribution is 7.89. The Hall–Kier alpha value is -2.00. The summed E-state index contributed by atoms with van der Waals surface area (Å²) >= 11 is 0. The van der Waals surface area contributed by atoms with E-state index in [-0.39, 0.29) is 23.6 Å². The Morgan fingerprint density at radius 3 is 2.86 bits per heavy atom. The highest BCUT2D eigenvalue weighted by atomic mass is 32.2. The van der Waals surface area contributed by atoms with E-state index in [1.807, 2.05) is 0 Å². The van der Waals surface area contributed by atoms with E-state index < -0.39 is 10.0 Å². The van der Waals surface area contributed by atoms with Gasteiger partial charge in [-0.05, 0) is 18.9 Å². The Bertz CT molecular complexity index is 675. The maximum atomic E-state index is 12.4. The molecule has 0 aromatic carbocycles. The third-order valence-corrected chi connectivity index (χ3v) is 5.01. The topological polar surface area (TPSA) is 98.4 Å². The Kier molecular flexibility index (Phi) is 3.84. The van der Waals surface area contributed by atoms with E-state index in [4.69, 9.17) is 4.74 Å². The first-order valence-electron chi connectivity index (χ1n) is 6.49. The maximum Gasteiger partial charge on any atom is 0.316 e. The van der Waals surface area contributed by atoms with Crippen molar-refractivity contribution < 1.29 is 17.7 Å². The van der Waals surface area contributed by atoms with Crippen molar-refractivity contribution in [2.75, 3.05) is 13.1 Å². The first-order valence-corrected chi connectivity index (χ1v) is 7.93. The van der Waals surface area contributed by atoms with Gasteiger partial charge in [-0.2, -0.15) is 4.31 Å². The minimum atomic E-state index is -3.59. The zero-order chi connectivity index (χ0) is 14.7. The number of ether oxygens (including phenoxy) is 1. The van der Waals surface area contributed by atoms with Crippen LogP contribution in [-0.2, 0) is 10.0 Å². The molecule has 0 bridgehead atoms. The number of aromatic nitrogens is 3. The lowest BCUT2D eigenvalue weighted by atomic mass is 10.1. The summed E-state index contributed by atoms with van der Waals surface area (Å²) in [5, 5.41) is 3.44. The van der Waals surface area contributed by atoms with Crippen LogP contribution in [0.3, 0.4) is 0 Å². The number of hydrogen-bond acceptors (Lipinski definition) is 7. The van der Waals surface area contributed by atoms with Gasteiger partial charge in [-0.25, -0.2) is 18.4 Å². The van der Waals surface area contributed by atoms with Crippen molar-refractivity contribution >= 4 is 10.0 Å². The van der Waals surface area contributed by atoms with Crippen molar-refractivity contribution in [3.63, 3.8) is 0 Å². The van der Waals surface area contributed by atoms with Crippen molar-refractivity contribution in [2.45, 2.75) is 23.8 Å². The van der Waals surface area contributed by atoms with Gasteiger partial charge in [0, 0.05) is 18.9 Å². The largest absolute Gasteiger partial charge is 0.459 e. The van der Waals surface area contributed by atoms with Crippen molar-refractivity contribution in [3.8, 4) is 6.01 Å². The minimum Gasteiger partial charge on any atom is -0.459 e. The van der Waals surface area contributed by atoms with E-state index in [1.165, 1.54) is 10.5 Å². The molecule has 0 N–H and O–H groups in total. The van der Waals surface area contributed by atoms with E-state index >= 15 is 0 Å². The number of hydrogen-bond donors (Lipinski definition) is 0. The predicted octanol–water partition coefficient (Wildman–Crippen LogP) is 0.697. The van der Waals surface area contributed by atoms with Crippen LogP contribution in [0, 0.1) is 0 Å². The lowest BCUT2D eigenvalue weighted by molar-refractivity contribution is 0.119. The molecule has 1 atom stereocenters. The first-order chi connectivity index (χ1) is 10.2. The quantitative estimate of drug-likeness (QED) is 0.819. The van der Waals surface area contributed by atoms with Gasteiger partial charge in [-0.1, -0.05) is 5.16 Å². The van der Waals surface area contributed by atoms with Crippen molar-refractivity contribution in [3.05, 3.63) is 30.9 Å². The average Bonchev–Trinajstić information content (AvgIpc) is 3.04. The molecule has 0 saturated carbocycles. The number of nitrogens with zero attached hydrogens (tertiary/aromatic N) is 4. The summed E-state index contributed by atoms with van der Waals surface area (Å²) in [6, 6.07) is 1.95. The van der Waals surface area contributed by atoms with Crippen LogP contribution < -0.4 is 4.74 Å². The molecule has 1 aliphatic heterocycles. The van der Waals surface area contributed by atoms with Crippen molar-refractivity contribution in [1.29, 1.82) is 0 Å². The molecule has 0 radical (unpaired) electrons. The fourth-order valence-corrected chi connectivity index (χ4v) is 3.56. The SMILES string of the molecule is O=S(=O)(c1cnoc1)N1CCCC(Oc2ncccn2)C1. The monoisotopic (exact) mass is 310 g/mol. The summed E-state index contributed by atoms with van der Waals surface area (Å²) in [6.45, 7) is 0.703. The van der Waals surface area contributed by atoms with Crippen LogP contribution in [-0.4, -0.2) is 47.0 Å². The van der Waals surface area contributed by atoms with Gasteiger partial charge in [-0.15, -0.1) is 0 Å². The number of sulfonamides is 1. The van der Waals surface area contributed by atoms with Crippen LogP contribution in [0.5, 0.6) is 6.01 Å². The van der Waals surface area contributed by atoms with E-state index in [0.29, 0.717) is 13.0 Å². The molecular formula is C12H14N4O4S. The van der Waals surface area contributed by atoms with Gasteiger partial charge >= 0.3 is 6.01 Å². The molecule has 0 aliphatic carbocycles. The van der Waals surface area contributed by atoms with Crippen LogP contribution in [0.2, 0.25) is 0 Å². The molecule has 1 saturated heterocycles. The second kappa shape index (κ2) is 5.78. The minimum absolute atomic E-state index is 0.0547. The predicted molar refractivity (Wildman–Crippen MR) is 70.9 cm³/mol. The zero-order valence-electron chi connectivity index (χ0n) is 11.1.